The van der Waals surface area contributed by atoms with E-state index in [1.807, 2.05) is 45.0 Å². The van der Waals surface area contributed by atoms with Gasteiger partial charge in [0.25, 0.3) is 5.91 Å². The Morgan fingerprint density at radius 2 is 1.95 bits per heavy atom. The lowest BCUT2D eigenvalue weighted by Crippen LogP contribution is -2.26. The minimum atomic E-state index is -0.165. The summed E-state index contributed by atoms with van der Waals surface area (Å²) >= 11 is 0. The molecule has 0 radical (unpaired) electrons. The SMILES string of the molecule is CCOc1ccc(NCC(=O)N/N=C(/C)CC)cc1. The van der Waals surface area contributed by atoms with Crippen LogP contribution in [0.15, 0.2) is 29.4 Å². The van der Waals surface area contributed by atoms with E-state index in [-0.39, 0.29) is 12.5 Å². The highest BCUT2D eigenvalue weighted by Crippen LogP contribution is 2.15. The third kappa shape index (κ3) is 5.90. The van der Waals surface area contributed by atoms with Gasteiger partial charge in [0.1, 0.15) is 5.75 Å². The van der Waals surface area contributed by atoms with Gasteiger partial charge < -0.3 is 10.1 Å². The standard InChI is InChI=1S/C14H21N3O2/c1-4-11(3)16-17-14(18)10-15-12-6-8-13(9-7-12)19-5-2/h6-9,15H,4-5,10H2,1-3H3,(H,17,18)/b16-11-. The highest BCUT2D eigenvalue weighted by Gasteiger charge is 2.00. The van der Waals surface area contributed by atoms with Crippen molar-refractivity contribution in [2.45, 2.75) is 27.2 Å². The zero-order chi connectivity index (χ0) is 14.1. The van der Waals surface area contributed by atoms with E-state index in [4.69, 9.17) is 4.74 Å². The average molecular weight is 263 g/mol. The molecule has 1 aromatic carbocycles. The van der Waals surface area contributed by atoms with E-state index in [0.29, 0.717) is 6.61 Å². The molecule has 0 spiro atoms. The summed E-state index contributed by atoms with van der Waals surface area (Å²) in [6, 6.07) is 7.48. The number of benzene rings is 1. The van der Waals surface area contributed by atoms with Crippen molar-refractivity contribution < 1.29 is 9.53 Å². The summed E-state index contributed by atoms with van der Waals surface area (Å²) in [5.41, 5.74) is 4.26. The lowest BCUT2D eigenvalue weighted by molar-refractivity contribution is -0.119. The van der Waals surface area contributed by atoms with Crippen LogP contribution in [0.1, 0.15) is 27.2 Å². The molecule has 0 aliphatic carbocycles. The minimum Gasteiger partial charge on any atom is -0.494 e. The van der Waals surface area contributed by atoms with Gasteiger partial charge in [-0.25, -0.2) is 5.43 Å². The van der Waals surface area contributed by atoms with Crippen molar-refractivity contribution in [2.24, 2.45) is 5.10 Å². The fourth-order valence-corrected chi connectivity index (χ4v) is 1.29. The summed E-state index contributed by atoms with van der Waals surface area (Å²) in [5.74, 6) is 0.655. The lowest BCUT2D eigenvalue weighted by atomic mass is 10.3. The maximum Gasteiger partial charge on any atom is 0.259 e. The second-order valence-corrected chi connectivity index (χ2v) is 4.05. The summed E-state index contributed by atoms with van der Waals surface area (Å²) in [7, 11) is 0. The molecule has 0 aliphatic rings. The molecule has 0 aliphatic heterocycles. The van der Waals surface area contributed by atoms with Crippen molar-refractivity contribution in [3.05, 3.63) is 24.3 Å². The van der Waals surface area contributed by atoms with Crippen molar-refractivity contribution in [1.29, 1.82) is 0 Å². The number of nitrogens with one attached hydrogen (secondary N) is 2. The molecule has 0 saturated heterocycles. The second-order valence-electron chi connectivity index (χ2n) is 4.05. The number of carbonyl (C=O) groups is 1. The Morgan fingerprint density at radius 1 is 1.26 bits per heavy atom. The van der Waals surface area contributed by atoms with Gasteiger partial charge in [-0.05, 0) is 44.5 Å². The van der Waals surface area contributed by atoms with E-state index in [1.54, 1.807) is 0 Å². The fraction of sp³-hybridized carbons (Fsp3) is 0.429. The van der Waals surface area contributed by atoms with Crippen molar-refractivity contribution in [1.82, 2.24) is 5.43 Å². The number of carbonyl (C=O) groups excluding carboxylic acids is 1. The van der Waals surface area contributed by atoms with Crippen LogP contribution in [0.3, 0.4) is 0 Å². The molecule has 0 saturated carbocycles. The molecule has 0 bridgehead atoms. The Hall–Kier alpha value is -2.04. The van der Waals surface area contributed by atoms with Crippen LogP contribution < -0.4 is 15.5 Å². The van der Waals surface area contributed by atoms with E-state index in [1.165, 1.54) is 0 Å². The van der Waals surface area contributed by atoms with Gasteiger partial charge in [0.15, 0.2) is 0 Å². The topological polar surface area (TPSA) is 62.7 Å². The Morgan fingerprint density at radius 3 is 2.53 bits per heavy atom. The molecule has 0 aromatic heterocycles. The highest BCUT2D eigenvalue weighted by molar-refractivity contribution is 5.85. The Bertz CT molecular complexity index is 427. The number of hydrogen-bond donors (Lipinski definition) is 2. The second kappa shape index (κ2) is 8.13. The molecule has 1 aromatic rings. The largest absolute Gasteiger partial charge is 0.494 e. The average Bonchev–Trinajstić information content (AvgIpc) is 2.44. The predicted molar refractivity (Wildman–Crippen MR) is 77.6 cm³/mol. The Labute approximate surface area is 114 Å². The molecule has 5 nitrogen and oxygen atoms in total. The fourth-order valence-electron chi connectivity index (χ4n) is 1.29. The molecular weight excluding hydrogens is 242 g/mol. The zero-order valence-corrected chi connectivity index (χ0v) is 11.7. The molecule has 0 heterocycles. The summed E-state index contributed by atoms with van der Waals surface area (Å²) < 4.78 is 5.34. The predicted octanol–water partition coefficient (Wildman–Crippen LogP) is 2.40. The smallest absolute Gasteiger partial charge is 0.259 e. The Kier molecular flexibility index (Phi) is 6.43. The third-order valence-corrected chi connectivity index (χ3v) is 2.50. The summed E-state index contributed by atoms with van der Waals surface area (Å²) in [4.78, 5) is 11.5. The molecule has 1 rings (SSSR count). The summed E-state index contributed by atoms with van der Waals surface area (Å²) in [5, 5.41) is 6.97. The number of hydrazone groups is 1. The van der Waals surface area contributed by atoms with Crippen molar-refractivity contribution in [3.8, 4) is 5.75 Å². The van der Waals surface area contributed by atoms with E-state index >= 15 is 0 Å². The van der Waals surface area contributed by atoms with Gasteiger partial charge in [-0.3, -0.25) is 4.79 Å². The molecule has 1 amide bonds. The van der Waals surface area contributed by atoms with E-state index in [2.05, 4.69) is 15.8 Å². The Balaban J connectivity index is 2.37. The van der Waals surface area contributed by atoms with Crippen LogP contribution in [-0.2, 0) is 4.79 Å². The van der Waals surface area contributed by atoms with Crippen LogP contribution in [0.2, 0.25) is 0 Å². The van der Waals surface area contributed by atoms with E-state index < -0.39 is 0 Å². The number of rotatable bonds is 7. The van der Waals surface area contributed by atoms with Gasteiger partial charge in [-0.1, -0.05) is 6.92 Å². The van der Waals surface area contributed by atoms with Gasteiger partial charge >= 0.3 is 0 Å². The summed E-state index contributed by atoms with van der Waals surface area (Å²) in [6.45, 7) is 6.64. The maximum absolute atomic E-state index is 11.5. The maximum atomic E-state index is 11.5. The molecule has 19 heavy (non-hydrogen) atoms. The van der Waals surface area contributed by atoms with Gasteiger partial charge in [-0.15, -0.1) is 0 Å². The van der Waals surface area contributed by atoms with Crippen LogP contribution >= 0.6 is 0 Å². The van der Waals surface area contributed by atoms with Gasteiger partial charge in [0, 0.05) is 11.4 Å². The summed E-state index contributed by atoms with van der Waals surface area (Å²) in [6.07, 6.45) is 0.826. The van der Waals surface area contributed by atoms with E-state index in [0.717, 1.165) is 23.6 Å². The number of hydrogen-bond acceptors (Lipinski definition) is 4. The highest BCUT2D eigenvalue weighted by atomic mass is 16.5. The van der Waals surface area contributed by atoms with Crippen molar-refractivity contribution in [2.75, 3.05) is 18.5 Å². The number of amides is 1. The van der Waals surface area contributed by atoms with Crippen LogP contribution in [0.5, 0.6) is 5.75 Å². The van der Waals surface area contributed by atoms with Crippen LogP contribution in [0.25, 0.3) is 0 Å². The quantitative estimate of drug-likeness (QED) is 0.586. The van der Waals surface area contributed by atoms with Crippen LogP contribution in [-0.4, -0.2) is 24.8 Å². The van der Waals surface area contributed by atoms with Gasteiger partial charge in [0.05, 0.1) is 13.2 Å². The lowest BCUT2D eigenvalue weighted by Gasteiger charge is -2.07. The van der Waals surface area contributed by atoms with E-state index in [9.17, 15) is 4.79 Å². The molecule has 0 fully saturated rings. The van der Waals surface area contributed by atoms with Gasteiger partial charge in [0.2, 0.25) is 0 Å². The number of anilines is 1. The molecular formula is C14H21N3O2. The third-order valence-electron chi connectivity index (χ3n) is 2.50. The van der Waals surface area contributed by atoms with Crippen LogP contribution in [0.4, 0.5) is 5.69 Å². The molecule has 0 atom stereocenters. The first-order valence-electron chi connectivity index (χ1n) is 6.44. The number of ether oxygens (including phenoxy) is 1. The van der Waals surface area contributed by atoms with Crippen molar-refractivity contribution >= 4 is 17.3 Å². The van der Waals surface area contributed by atoms with Crippen LogP contribution in [0, 0.1) is 0 Å². The monoisotopic (exact) mass is 263 g/mol. The minimum absolute atomic E-state index is 0.165. The van der Waals surface area contributed by atoms with Gasteiger partial charge in [-0.2, -0.15) is 5.10 Å². The zero-order valence-electron chi connectivity index (χ0n) is 11.7. The first-order chi connectivity index (χ1) is 9.15. The van der Waals surface area contributed by atoms with Crippen molar-refractivity contribution in [3.63, 3.8) is 0 Å². The molecule has 104 valence electrons. The first kappa shape index (κ1) is 15.0. The number of nitrogens with zero attached hydrogens (tertiary/aromatic N) is 1. The molecule has 5 heteroatoms. The molecule has 2 N–H and O–H groups in total. The molecule has 0 unspecified atom stereocenters. The first-order valence-corrected chi connectivity index (χ1v) is 6.44. The normalized spacial score (nSPS) is 11.0.